The van der Waals surface area contributed by atoms with Crippen molar-refractivity contribution in [2.24, 2.45) is 0 Å². The zero-order chi connectivity index (χ0) is 19.7. The monoisotopic (exact) mass is 403 g/mol. The third kappa shape index (κ3) is 4.70. The highest BCUT2D eigenvalue weighted by atomic mass is 32.1. The van der Waals surface area contributed by atoms with Gasteiger partial charge in [-0.05, 0) is 46.0 Å². The summed E-state index contributed by atoms with van der Waals surface area (Å²) in [6.07, 6.45) is 4.38. The highest BCUT2D eigenvalue weighted by molar-refractivity contribution is 7.09. The number of thiazole rings is 1. The Balaban J connectivity index is 1.26. The molecule has 0 unspecified atom stereocenters. The SMILES string of the molecule is Cc1nc(CC(=O)Nc2cc([C@H]3CC[C@@H](OC(=O)NC4(C)CC4)C3)[nH]n2)cs1. The minimum absolute atomic E-state index is 0.0667. The lowest BCUT2D eigenvalue weighted by molar-refractivity contribution is -0.115. The Hall–Kier alpha value is -2.42. The molecule has 2 aromatic rings. The van der Waals surface area contributed by atoms with Gasteiger partial charge in [0.15, 0.2) is 5.82 Å². The van der Waals surface area contributed by atoms with Crippen molar-refractivity contribution >= 4 is 29.2 Å². The van der Waals surface area contributed by atoms with E-state index in [0.717, 1.165) is 48.5 Å². The molecule has 2 heterocycles. The maximum atomic E-state index is 12.1. The normalized spacial score (nSPS) is 22.6. The number of carbonyl (C=O) groups excluding carboxylic acids is 2. The molecule has 0 spiro atoms. The molecule has 2 amide bonds. The van der Waals surface area contributed by atoms with Gasteiger partial charge in [-0.15, -0.1) is 11.3 Å². The molecule has 9 heteroatoms. The Labute approximate surface area is 167 Å². The van der Waals surface area contributed by atoms with Crippen LogP contribution in [0.4, 0.5) is 10.6 Å². The summed E-state index contributed by atoms with van der Waals surface area (Å²) in [6, 6.07) is 1.86. The number of hydrogen-bond acceptors (Lipinski definition) is 6. The number of aromatic amines is 1. The average molecular weight is 404 g/mol. The summed E-state index contributed by atoms with van der Waals surface area (Å²) in [5, 5.41) is 15.8. The summed E-state index contributed by atoms with van der Waals surface area (Å²) < 4.78 is 5.56. The van der Waals surface area contributed by atoms with Gasteiger partial charge in [0.2, 0.25) is 5.91 Å². The molecule has 0 bridgehead atoms. The van der Waals surface area contributed by atoms with Gasteiger partial charge < -0.3 is 15.4 Å². The highest BCUT2D eigenvalue weighted by Gasteiger charge is 2.40. The summed E-state index contributed by atoms with van der Waals surface area (Å²) in [7, 11) is 0. The fourth-order valence-electron chi connectivity index (χ4n) is 3.52. The van der Waals surface area contributed by atoms with E-state index in [1.54, 1.807) is 0 Å². The van der Waals surface area contributed by atoms with Gasteiger partial charge in [0.25, 0.3) is 0 Å². The first-order valence-corrected chi connectivity index (χ1v) is 10.5. The quantitative estimate of drug-likeness (QED) is 0.686. The molecule has 2 atom stereocenters. The highest BCUT2D eigenvalue weighted by Crippen LogP contribution is 2.37. The number of anilines is 1. The summed E-state index contributed by atoms with van der Waals surface area (Å²) in [5.74, 6) is 0.616. The molecule has 0 saturated heterocycles. The van der Waals surface area contributed by atoms with E-state index in [1.165, 1.54) is 11.3 Å². The topological polar surface area (TPSA) is 109 Å². The molecule has 8 nitrogen and oxygen atoms in total. The number of H-pyrrole nitrogens is 1. The van der Waals surface area contributed by atoms with E-state index in [9.17, 15) is 9.59 Å². The van der Waals surface area contributed by atoms with E-state index < -0.39 is 0 Å². The van der Waals surface area contributed by atoms with Crippen LogP contribution in [-0.4, -0.2) is 38.8 Å². The summed E-state index contributed by atoms with van der Waals surface area (Å²) >= 11 is 1.53. The zero-order valence-electron chi connectivity index (χ0n) is 16.1. The van der Waals surface area contributed by atoms with E-state index in [4.69, 9.17) is 4.74 Å². The molecule has 0 radical (unpaired) electrons. The molecule has 2 fully saturated rings. The molecule has 2 saturated carbocycles. The number of amides is 2. The van der Waals surface area contributed by atoms with E-state index in [1.807, 2.05) is 25.3 Å². The third-order valence-electron chi connectivity index (χ3n) is 5.38. The van der Waals surface area contributed by atoms with Crippen LogP contribution in [0.3, 0.4) is 0 Å². The standard InChI is InChI=1S/C19H25N5O3S/c1-11-20-13(10-28-11)8-17(25)21-16-9-15(23-24-16)12-3-4-14(7-12)27-18(26)22-19(2)5-6-19/h9-10,12,14H,3-8H2,1-2H3,(H,22,26)(H2,21,23,24,25)/t12-,14+/m0/s1. The van der Waals surface area contributed by atoms with Crippen LogP contribution in [-0.2, 0) is 16.0 Å². The molecule has 2 aliphatic rings. The zero-order valence-corrected chi connectivity index (χ0v) is 16.9. The van der Waals surface area contributed by atoms with Gasteiger partial charge in [0, 0.05) is 28.6 Å². The first-order valence-electron chi connectivity index (χ1n) is 9.63. The number of alkyl carbamates (subject to hydrolysis) is 1. The predicted molar refractivity (Wildman–Crippen MR) is 105 cm³/mol. The van der Waals surface area contributed by atoms with Crippen LogP contribution < -0.4 is 10.6 Å². The lowest BCUT2D eigenvalue weighted by atomic mass is 10.0. The number of ether oxygens (including phenoxy) is 1. The number of nitrogens with zero attached hydrogens (tertiary/aromatic N) is 2. The van der Waals surface area contributed by atoms with Gasteiger partial charge in [-0.2, -0.15) is 5.10 Å². The number of carbonyl (C=O) groups is 2. The molecule has 4 rings (SSSR count). The molecule has 3 N–H and O–H groups in total. The van der Waals surface area contributed by atoms with Crippen molar-refractivity contribution < 1.29 is 14.3 Å². The number of aromatic nitrogens is 3. The molecular formula is C19H25N5O3S. The van der Waals surface area contributed by atoms with Crippen molar-refractivity contribution in [2.75, 3.05) is 5.32 Å². The summed E-state index contributed by atoms with van der Waals surface area (Å²) in [4.78, 5) is 28.4. The van der Waals surface area contributed by atoms with Crippen molar-refractivity contribution in [2.45, 2.75) is 69.9 Å². The van der Waals surface area contributed by atoms with Crippen LogP contribution in [0.15, 0.2) is 11.4 Å². The number of rotatable bonds is 6. The second-order valence-electron chi connectivity index (χ2n) is 8.01. The summed E-state index contributed by atoms with van der Waals surface area (Å²) in [6.45, 7) is 3.95. The first kappa shape index (κ1) is 18.9. The van der Waals surface area contributed by atoms with Crippen LogP contribution in [0.2, 0.25) is 0 Å². The van der Waals surface area contributed by atoms with Crippen LogP contribution in [0.5, 0.6) is 0 Å². The molecule has 2 aromatic heterocycles. The fraction of sp³-hybridized carbons (Fsp3) is 0.579. The third-order valence-corrected chi connectivity index (χ3v) is 6.20. The second-order valence-corrected chi connectivity index (χ2v) is 9.08. The minimum atomic E-state index is -0.319. The van der Waals surface area contributed by atoms with Crippen molar-refractivity contribution in [1.82, 2.24) is 20.5 Å². The van der Waals surface area contributed by atoms with Gasteiger partial charge in [-0.1, -0.05) is 0 Å². The molecular weight excluding hydrogens is 378 g/mol. The van der Waals surface area contributed by atoms with E-state index in [0.29, 0.717) is 5.82 Å². The first-order chi connectivity index (χ1) is 13.4. The molecule has 0 aliphatic heterocycles. The van der Waals surface area contributed by atoms with Crippen molar-refractivity contribution in [3.8, 4) is 0 Å². The molecule has 2 aliphatic carbocycles. The molecule has 28 heavy (non-hydrogen) atoms. The Morgan fingerprint density at radius 1 is 1.39 bits per heavy atom. The molecule has 0 aromatic carbocycles. The average Bonchev–Trinajstić information content (AvgIpc) is 3.05. The van der Waals surface area contributed by atoms with Gasteiger partial charge in [0.1, 0.15) is 6.10 Å². The van der Waals surface area contributed by atoms with Crippen molar-refractivity contribution in [3.63, 3.8) is 0 Å². The predicted octanol–water partition coefficient (Wildman–Crippen LogP) is 3.27. The number of nitrogens with one attached hydrogen (secondary N) is 3. The number of hydrogen-bond donors (Lipinski definition) is 3. The smallest absolute Gasteiger partial charge is 0.407 e. The van der Waals surface area contributed by atoms with E-state index in [2.05, 4.69) is 25.8 Å². The Kier molecular flexibility index (Phi) is 5.09. The van der Waals surface area contributed by atoms with Crippen molar-refractivity contribution in [3.05, 3.63) is 27.8 Å². The maximum Gasteiger partial charge on any atom is 0.407 e. The fourth-order valence-corrected chi connectivity index (χ4v) is 4.13. The Morgan fingerprint density at radius 3 is 2.93 bits per heavy atom. The van der Waals surface area contributed by atoms with Crippen LogP contribution in [0, 0.1) is 6.92 Å². The van der Waals surface area contributed by atoms with Crippen LogP contribution >= 0.6 is 11.3 Å². The molecule has 150 valence electrons. The van der Waals surface area contributed by atoms with E-state index in [-0.39, 0.29) is 36.0 Å². The Bertz CT molecular complexity index is 873. The van der Waals surface area contributed by atoms with Crippen molar-refractivity contribution in [1.29, 1.82) is 0 Å². The lowest BCUT2D eigenvalue weighted by Gasteiger charge is -2.16. The van der Waals surface area contributed by atoms with Gasteiger partial charge >= 0.3 is 6.09 Å². The minimum Gasteiger partial charge on any atom is -0.446 e. The van der Waals surface area contributed by atoms with E-state index >= 15 is 0 Å². The summed E-state index contributed by atoms with van der Waals surface area (Å²) in [5.41, 5.74) is 1.66. The largest absolute Gasteiger partial charge is 0.446 e. The maximum absolute atomic E-state index is 12.1. The van der Waals surface area contributed by atoms with Crippen LogP contribution in [0.25, 0.3) is 0 Å². The van der Waals surface area contributed by atoms with Crippen LogP contribution in [0.1, 0.15) is 61.3 Å². The second kappa shape index (κ2) is 7.54. The van der Waals surface area contributed by atoms with Gasteiger partial charge in [-0.3, -0.25) is 9.89 Å². The van der Waals surface area contributed by atoms with Gasteiger partial charge in [0.05, 0.1) is 17.1 Å². The lowest BCUT2D eigenvalue weighted by Crippen LogP contribution is -2.36. The van der Waals surface area contributed by atoms with Gasteiger partial charge in [-0.25, -0.2) is 9.78 Å². The Morgan fingerprint density at radius 2 is 2.21 bits per heavy atom. The number of aryl methyl sites for hydroxylation is 1.